The number of para-hydroxylation sites is 5. The summed E-state index contributed by atoms with van der Waals surface area (Å²) in [5.41, 5.74) is 38.0. The van der Waals surface area contributed by atoms with Crippen LogP contribution >= 0.6 is 0 Å². The monoisotopic (exact) mass is 1530 g/mol. The standard InChI is InChI=1S/C61H40N2O.C54H42N2/c1-4-16-43(17-5-1)61(44-18-6-2-7-19-44)55-25-13-10-22-49(55)50-35-33-47(39-56(50)61)62(48-34-36-53-52-24-12-15-27-59(52)64-60(53)40-48)46-31-28-41(29-32-46)42-30-37-58-54(38-42)51-23-11-14-26-57(51)63(58)45-20-8-3-9-21-45;1-53(2)47-19-11-8-16-41(47)43-29-27-39(33-49(43)53)55(40-28-30-44-42-17-9-12-20-48(42)54(3,4)50(44)34-40)38-25-22-35(23-26-38)36-24-31-52-46(32-36)45-18-10-13-21-51(45)56(52)37-14-6-5-7-15-37/h1-40H;5-34H,1-4H3. The summed E-state index contributed by atoms with van der Waals surface area (Å²) in [4.78, 5) is 4.84. The maximum Gasteiger partial charge on any atom is 0.137 e. The van der Waals surface area contributed by atoms with Crippen LogP contribution < -0.4 is 9.80 Å². The molecule has 21 aromatic rings. The van der Waals surface area contributed by atoms with Crippen molar-refractivity contribution < 1.29 is 4.42 Å². The van der Waals surface area contributed by atoms with Crippen molar-refractivity contribution in [2.75, 3.05) is 9.80 Å². The molecule has 0 unspecified atom stereocenters. The summed E-state index contributed by atoms with van der Waals surface area (Å²) in [7, 11) is 0. The third-order valence-corrected chi connectivity index (χ3v) is 26.3. The first-order valence-electron chi connectivity index (χ1n) is 41.8. The molecule has 120 heavy (non-hydrogen) atoms. The van der Waals surface area contributed by atoms with Gasteiger partial charge in [0.25, 0.3) is 0 Å². The number of hydrogen-bond acceptors (Lipinski definition) is 3. The van der Waals surface area contributed by atoms with E-state index in [9.17, 15) is 0 Å². The average molecular weight is 1540 g/mol. The van der Waals surface area contributed by atoms with Crippen LogP contribution in [0.5, 0.6) is 0 Å². The minimum absolute atomic E-state index is 0.0959. The van der Waals surface area contributed by atoms with Crippen molar-refractivity contribution in [2.24, 2.45) is 0 Å². The Hall–Kier alpha value is -15.0. The average Bonchev–Trinajstić information content (AvgIpc) is 1.53. The summed E-state index contributed by atoms with van der Waals surface area (Å²) in [5, 5.41) is 7.23. The molecule has 0 N–H and O–H groups in total. The van der Waals surface area contributed by atoms with Gasteiger partial charge < -0.3 is 23.4 Å². The fraction of sp³-hybridized carbons (Fsp3) is 0.0609. The molecule has 0 aliphatic heterocycles. The maximum absolute atomic E-state index is 6.52. The van der Waals surface area contributed by atoms with E-state index in [0.29, 0.717) is 0 Å². The zero-order valence-electron chi connectivity index (χ0n) is 67.1. The summed E-state index contributed by atoms with van der Waals surface area (Å²) < 4.78 is 11.3. The van der Waals surface area contributed by atoms with Gasteiger partial charge in [0, 0.05) is 94.7 Å². The number of benzene rings is 18. The first kappa shape index (κ1) is 70.4. The highest BCUT2D eigenvalue weighted by molar-refractivity contribution is 6.12. The lowest BCUT2D eigenvalue weighted by Gasteiger charge is -2.35. The van der Waals surface area contributed by atoms with Crippen LogP contribution in [-0.2, 0) is 16.2 Å². The van der Waals surface area contributed by atoms with Gasteiger partial charge in [-0.05, 0) is 240 Å². The van der Waals surface area contributed by atoms with Crippen LogP contribution in [0.1, 0.15) is 72.2 Å². The highest BCUT2D eigenvalue weighted by atomic mass is 16.3. The van der Waals surface area contributed by atoms with Gasteiger partial charge in [-0.15, -0.1) is 0 Å². The summed E-state index contributed by atoms with van der Waals surface area (Å²) in [6.07, 6.45) is 0. The molecular weight excluding hydrogens is 1450 g/mol. The predicted molar refractivity (Wildman–Crippen MR) is 502 cm³/mol. The normalized spacial score (nSPS) is 13.5. The Balaban J connectivity index is 0.000000141. The molecule has 0 bridgehead atoms. The smallest absolute Gasteiger partial charge is 0.137 e. The molecule has 24 rings (SSSR count). The van der Waals surface area contributed by atoms with E-state index >= 15 is 0 Å². The second kappa shape index (κ2) is 27.6. The van der Waals surface area contributed by atoms with Gasteiger partial charge in [-0.1, -0.05) is 307 Å². The highest BCUT2D eigenvalue weighted by Gasteiger charge is 2.47. The molecule has 0 radical (unpaired) electrons. The van der Waals surface area contributed by atoms with Crippen LogP contribution in [0.25, 0.3) is 133 Å². The zero-order valence-corrected chi connectivity index (χ0v) is 67.1. The molecule has 3 heterocycles. The molecule has 3 aliphatic rings. The molecule has 3 aromatic heterocycles. The minimum Gasteiger partial charge on any atom is -0.456 e. The predicted octanol–water partition coefficient (Wildman–Crippen LogP) is 30.7. The molecule has 5 nitrogen and oxygen atoms in total. The lowest BCUT2D eigenvalue weighted by molar-refractivity contribution is 0.660. The highest BCUT2D eigenvalue weighted by Crippen LogP contribution is 2.59. The second-order valence-corrected chi connectivity index (χ2v) is 33.4. The molecule has 0 atom stereocenters. The quantitative estimate of drug-likeness (QED) is 0.122. The largest absolute Gasteiger partial charge is 0.456 e. The van der Waals surface area contributed by atoms with E-state index in [1.165, 1.54) is 155 Å². The Bertz CT molecular complexity index is 7490. The molecule has 0 fully saturated rings. The Morgan fingerprint density at radius 1 is 0.208 bits per heavy atom. The van der Waals surface area contributed by atoms with E-state index in [1.807, 2.05) is 12.1 Å². The van der Waals surface area contributed by atoms with Crippen LogP contribution in [-0.4, -0.2) is 9.13 Å². The number of rotatable bonds is 12. The van der Waals surface area contributed by atoms with E-state index in [4.69, 9.17) is 4.42 Å². The van der Waals surface area contributed by atoms with Gasteiger partial charge in [0.1, 0.15) is 11.2 Å². The Kier molecular flexibility index (Phi) is 16.2. The van der Waals surface area contributed by atoms with Crippen molar-refractivity contribution >= 4 is 99.7 Å². The molecule has 0 amide bonds. The van der Waals surface area contributed by atoms with E-state index in [1.54, 1.807) is 0 Å². The summed E-state index contributed by atoms with van der Waals surface area (Å²) >= 11 is 0. The van der Waals surface area contributed by atoms with Gasteiger partial charge in [-0.25, -0.2) is 0 Å². The van der Waals surface area contributed by atoms with Gasteiger partial charge in [0.15, 0.2) is 0 Å². The Labute approximate surface area is 698 Å². The van der Waals surface area contributed by atoms with E-state index in [2.05, 4.69) is 459 Å². The number of nitrogens with zero attached hydrogens (tertiary/aromatic N) is 4. The number of furan rings is 1. The van der Waals surface area contributed by atoms with Gasteiger partial charge in [0.05, 0.1) is 27.5 Å². The molecule has 0 saturated heterocycles. The van der Waals surface area contributed by atoms with Crippen LogP contribution in [0.2, 0.25) is 0 Å². The van der Waals surface area contributed by atoms with Crippen LogP contribution in [0.3, 0.4) is 0 Å². The van der Waals surface area contributed by atoms with Crippen molar-refractivity contribution in [3.05, 3.63) is 469 Å². The van der Waals surface area contributed by atoms with Crippen molar-refractivity contribution in [3.8, 4) is 67.0 Å². The van der Waals surface area contributed by atoms with Gasteiger partial charge in [0.2, 0.25) is 0 Å². The van der Waals surface area contributed by atoms with Crippen molar-refractivity contribution in [2.45, 2.75) is 43.9 Å². The SMILES string of the molecule is CC1(C)c2ccccc2-c2ccc(N(c3ccc(-c4ccc5c(c4)c4ccccc4n5-c4ccccc4)cc3)c3ccc4c(c3)C(C)(C)c3ccccc3-4)cc21.c1ccc(-n2c3ccccc3c3cc(-c4ccc(N(c5ccc6c(c5)C(c5ccccc5)(c5ccccc5)c5ccccc5-6)c5ccc6c(c5)oc5ccccc56)cc4)ccc32)cc1. The minimum atomic E-state index is -0.523. The van der Waals surface area contributed by atoms with Crippen LogP contribution in [0.15, 0.2) is 429 Å². The zero-order chi connectivity index (χ0) is 80.0. The van der Waals surface area contributed by atoms with Crippen molar-refractivity contribution in [3.63, 3.8) is 0 Å². The third kappa shape index (κ3) is 10.9. The van der Waals surface area contributed by atoms with Gasteiger partial charge in [-0.2, -0.15) is 0 Å². The van der Waals surface area contributed by atoms with Crippen molar-refractivity contribution in [1.29, 1.82) is 0 Å². The fourth-order valence-corrected chi connectivity index (χ4v) is 20.6. The molecule has 3 aliphatic carbocycles. The number of aromatic nitrogens is 2. The topological polar surface area (TPSA) is 29.5 Å². The van der Waals surface area contributed by atoms with Gasteiger partial charge in [-0.3, -0.25) is 0 Å². The van der Waals surface area contributed by atoms with E-state index in [-0.39, 0.29) is 10.8 Å². The van der Waals surface area contributed by atoms with Crippen LogP contribution in [0, 0.1) is 0 Å². The lowest BCUT2D eigenvalue weighted by atomic mass is 9.67. The number of fused-ring (bicyclic) bond motifs is 18. The molecule has 0 spiro atoms. The molecular formula is C115H82N4O. The number of hydrogen-bond donors (Lipinski definition) is 0. The first-order chi connectivity index (χ1) is 59.0. The van der Waals surface area contributed by atoms with Gasteiger partial charge >= 0.3 is 0 Å². The lowest BCUT2D eigenvalue weighted by Crippen LogP contribution is -2.28. The van der Waals surface area contributed by atoms with E-state index < -0.39 is 5.41 Å². The fourth-order valence-electron chi connectivity index (χ4n) is 20.6. The maximum atomic E-state index is 6.52. The van der Waals surface area contributed by atoms with Crippen molar-refractivity contribution in [1.82, 2.24) is 9.13 Å². The summed E-state index contributed by atoms with van der Waals surface area (Å²) in [5.74, 6) is 0. The second-order valence-electron chi connectivity index (χ2n) is 33.4. The molecule has 5 heteroatoms. The first-order valence-corrected chi connectivity index (χ1v) is 41.8. The Morgan fingerprint density at radius 3 is 1.01 bits per heavy atom. The molecule has 0 saturated carbocycles. The van der Waals surface area contributed by atoms with E-state index in [0.717, 1.165) is 55.9 Å². The summed E-state index contributed by atoms with van der Waals surface area (Å²) in [6.45, 7) is 9.46. The number of anilines is 6. The third-order valence-electron chi connectivity index (χ3n) is 26.3. The summed E-state index contributed by atoms with van der Waals surface area (Å²) in [6, 6.07) is 156. The van der Waals surface area contributed by atoms with Crippen LogP contribution in [0.4, 0.5) is 34.1 Å². The molecule has 18 aromatic carbocycles. The molecule has 568 valence electrons. The Morgan fingerprint density at radius 2 is 0.533 bits per heavy atom.